The van der Waals surface area contributed by atoms with Gasteiger partial charge in [-0.15, -0.1) is 0 Å². The molecule has 0 spiro atoms. The molecule has 0 aliphatic rings. The normalized spacial score (nSPS) is 10.8. The van der Waals surface area contributed by atoms with Crippen LogP contribution in [0.25, 0.3) is 0 Å². The van der Waals surface area contributed by atoms with Gasteiger partial charge in [0.2, 0.25) is 5.91 Å². The Morgan fingerprint density at radius 1 is 1.29 bits per heavy atom. The molecule has 0 atom stereocenters. The van der Waals surface area contributed by atoms with Crippen LogP contribution in [0, 0.1) is 6.92 Å². The number of anilines is 1. The molecule has 24 heavy (non-hydrogen) atoms. The van der Waals surface area contributed by atoms with Crippen LogP contribution in [0.4, 0.5) is 5.69 Å². The molecule has 0 bridgehead atoms. The average molecular weight is 412 g/mol. The quantitative estimate of drug-likeness (QED) is 0.761. The van der Waals surface area contributed by atoms with Gasteiger partial charge in [-0.2, -0.15) is 0 Å². The maximum absolute atomic E-state index is 12.2. The number of likely N-dealkylation sites (N-methyl/N-ethyl adjacent to an activating group) is 1. The lowest BCUT2D eigenvalue weighted by Crippen LogP contribution is -2.30. The first-order valence-corrected chi connectivity index (χ1v) is 8.63. The summed E-state index contributed by atoms with van der Waals surface area (Å²) < 4.78 is 6.34. The van der Waals surface area contributed by atoms with E-state index in [1.807, 2.05) is 49.2 Å². The highest BCUT2D eigenvalue weighted by atomic mass is 79.9. The predicted molar refractivity (Wildman–Crippen MR) is 102 cm³/mol. The van der Waals surface area contributed by atoms with Crippen molar-refractivity contribution in [3.63, 3.8) is 0 Å². The molecule has 0 unspecified atom stereocenters. The molecule has 0 saturated carbocycles. The SMILES string of the molecule is COc1ccc(Br)cc1CN(C)CC(=O)Nc1ccc(C)c(Cl)c1. The van der Waals surface area contributed by atoms with Gasteiger partial charge in [-0.05, 0) is 49.9 Å². The number of benzene rings is 2. The number of halogens is 2. The molecule has 2 aromatic carbocycles. The first kappa shape index (κ1) is 18.8. The number of ether oxygens (including phenoxy) is 1. The highest BCUT2D eigenvalue weighted by Crippen LogP contribution is 2.24. The maximum atomic E-state index is 12.2. The van der Waals surface area contributed by atoms with Crippen molar-refractivity contribution in [2.45, 2.75) is 13.5 Å². The highest BCUT2D eigenvalue weighted by Gasteiger charge is 2.11. The minimum atomic E-state index is -0.0913. The Balaban J connectivity index is 1.96. The molecular formula is C18H20BrClN2O2. The van der Waals surface area contributed by atoms with E-state index >= 15 is 0 Å². The molecule has 2 aromatic rings. The van der Waals surface area contributed by atoms with Crippen LogP contribution in [0.5, 0.6) is 5.75 Å². The molecule has 0 radical (unpaired) electrons. The number of carbonyl (C=O) groups excluding carboxylic acids is 1. The Labute approximate surface area is 155 Å². The predicted octanol–water partition coefficient (Wildman–Crippen LogP) is 4.49. The minimum absolute atomic E-state index is 0.0913. The third kappa shape index (κ3) is 5.23. The second kappa shape index (κ2) is 8.51. The van der Waals surface area contributed by atoms with Crippen LogP contribution < -0.4 is 10.1 Å². The number of nitrogens with zero attached hydrogens (tertiary/aromatic N) is 1. The lowest BCUT2D eigenvalue weighted by Gasteiger charge is -2.18. The maximum Gasteiger partial charge on any atom is 0.238 e. The van der Waals surface area contributed by atoms with E-state index in [4.69, 9.17) is 16.3 Å². The monoisotopic (exact) mass is 410 g/mol. The first-order chi connectivity index (χ1) is 11.4. The van der Waals surface area contributed by atoms with Gasteiger partial charge in [-0.25, -0.2) is 0 Å². The fourth-order valence-electron chi connectivity index (χ4n) is 2.33. The Morgan fingerprint density at radius 2 is 2.04 bits per heavy atom. The number of carbonyl (C=O) groups is 1. The standard InChI is InChI=1S/C18H20BrClN2O2/c1-12-4-6-15(9-16(12)20)21-18(23)11-22(2)10-13-8-14(19)5-7-17(13)24-3/h4-9H,10-11H2,1-3H3,(H,21,23). The highest BCUT2D eigenvalue weighted by molar-refractivity contribution is 9.10. The summed E-state index contributed by atoms with van der Waals surface area (Å²) in [6, 6.07) is 11.3. The number of hydrogen-bond donors (Lipinski definition) is 1. The topological polar surface area (TPSA) is 41.6 Å². The smallest absolute Gasteiger partial charge is 0.238 e. The van der Waals surface area contributed by atoms with E-state index in [1.165, 1.54) is 0 Å². The minimum Gasteiger partial charge on any atom is -0.496 e. The van der Waals surface area contributed by atoms with E-state index in [9.17, 15) is 4.79 Å². The molecule has 128 valence electrons. The Hall–Kier alpha value is -1.56. The third-order valence-corrected chi connectivity index (χ3v) is 4.45. The molecule has 0 aromatic heterocycles. The fraction of sp³-hybridized carbons (Fsp3) is 0.278. The lowest BCUT2D eigenvalue weighted by molar-refractivity contribution is -0.117. The van der Waals surface area contributed by atoms with Crippen molar-refractivity contribution < 1.29 is 9.53 Å². The lowest BCUT2D eigenvalue weighted by atomic mass is 10.2. The average Bonchev–Trinajstić information content (AvgIpc) is 2.51. The number of methoxy groups -OCH3 is 1. The Morgan fingerprint density at radius 3 is 2.71 bits per heavy atom. The van der Waals surface area contributed by atoms with Crippen molar-refractivity contribution in [3.8, 4) is 5.75 Å². The van der Waals surface area contributed by atoms with E-state index in [1.54, 1.807) is 13.2 Å². The van der Waals surface area contributed by atoms with Crippen molar-refractivity contribution >= 4 is 39.1 Å². The number of rotatable bonds is 6. The largest absolute Gasteiger partial charge is 0.496 e. The van der Waals surface area contributed by atoms with Crippen LogP contribution in [-0.4, -0.2) is 31.5 Å². The summed E-state index contributed by atoms with van der Waals surface area (Å²) in [5, 5.41) is 3.50. The summed E-state index contributed by atoms with van der Waals surface area (Å²) >= 11 is 9.54. The summed E-state index contributed by atoms with van der Waals surface area (Å²) in [7, 11) is 3.53. The van der Waals surface area contributed by atoms with E-state index in [0.29, 0.717) is 17.3 Å². The zero-order chi connectivity index (χ0) is 17.7. The van der Waals surface area contributed by atoms with E-state index in [0.717, 1.165) is 21.3 Å². The van der Waals surface area contributed by atoms with Crippen molar-refractivity contribution in [1.29, 1.82) is 0 Å². The summed E-state index contributed by atoms with van der Waals surface area (Å²) in [6.07, 6.45) is 0. The Kier molecular flexibility index (Phi) is 6.66. The molecule has 0 saturated heterocycles. The van der Waals surface area contributed by atoms with Crippen molar-refractivity contribution in [3.05, 3.63) is 57.0 Å². The van der Waals surface area contributed by atoms with Gasteiger partial charge in [-0.1, -0.05) is 33.6 Å². The molecule has 1 amide bonds. The van der Waals surface area contributed by atoms with Gasteiger partial charge in [0.25, 0.3) is 0 Å². The van der Waals surface area contributed by atoms with Crippen LogP contribution in [0.3, 0.4) is 0 Å². The Bertz CT molecular complexity index is 737. The summed E-state index contributed by atoms with van der Waals surface area (Å²) in [5.41, 5.74) is 2.69. The molecule has 6 heteroatoms. The van der Waals surface area contributed by atoms with Crippen LogP contribution in [0.2, 0.25) is 5.02 Å². The van der Waals surface area contributed by atoms with Crippen molar-refractivity contribution in [2.75, 3.05) is 26.0 Å². The number of hydrogen-bond acceptors (Lipinski definition) is 3. The summed E-state index contributed by atoms with van der Waals surface area (Å²) in [6.45, 7) is 2.79. The zero-order valence-electron chi connectivity index (χ0n) is 13.9. The number of amides is 1. The van der Waals surface area contributed by atoms with Gasteiger partial charge in [0.05, 0.1) is 13.7 Å². The summed E-state index contributed by atoms with van der Waals surface area (Å²) in [4.78, 5) is 14.1. The van der Waals surface area contributed by atoms with Gasteiger partial charge in [0.15, 0.2) is 0 Å². The zero-order valence-corrected chi connectivity index (χ0v) is 16.2. The van der Waals surface area contributed by atoms with E-state index in [2.05, 4.69) is 21.2 Å². The van der Waals surface area contributed by atoms with Crippen LogP contribution in [0.15, 0.2) is 40.9 Å². The molecule has 4 nitrogen and oxygen atoms in total. The molecule has 0 aliphatic heterocycles. The van der Waals surface area contributed by atoms with Crippen LogP contribution in [0.1, 0.15) is 11.1 Å². The first-order valence-electron chi connectivity index (χ1n) is 7.46. The third-order valence-electron chi connectivity index (χ3n) is 3.55. The van der Waals surface area contributed by atoms with Crippen molar-refractivity contribution in [1.82, 2.24) is 4.90 Å². The molecule has 2 rings (SSSR count). The van der Waals surface area contributed by atoms with Gasteiger partial charge in [0, 0.05) is 27.3 Å². The van der Waals surface area contributed by atoms with Crippen LogP contribution >= 0.6 is 27.5 Å². The van der Waals surface area contributed by atoms with Gasteiger partial charge >= 0.3 is 0 Å². The number of nitrogens with one attached hydrogen (secondary N) is 1. The van der Waals surface area contributed by atoms with E-state index < -0.39 is 0 Å². The molecule has 0 aliphatic carbocycles. The van der Waals surface area contributed by atoms with Gasteiger partial charge < -0.3 is 10.1 Å². The van der Waals surface area contributed by atoms with Crippen LogP contribution in [-0.2, 0) is 11.3 Å². The molecule has 1 N–H and O–H groups in total. The van der Waals surface area contributed by atoms with Gasteiger partial charge in [0.1, 0.15) is 5.75 Å². The molecule has 0 heterocycles. The second-order valence-corrected chi connectivity index (χ2v) is 6.96. The number of aryl methyl sites for hydroxylation is 1. The summed E-state index contributed by atoms with van der Waals surface area (Å²) in [5.74, 6) is 0.710. The van der Waals surface area contributed by atoms with Crippen molar-refractivity contribution in [2.24, 2.45) is 0 Å². The molecule has 0 fully saturated rings. The van der Waals surface area contributed by atoms with Gasteiger partial charge in [-0.3, -0.25) is 9.69 Å². The fourth-order valence-corrected chi connectivity index (χ4v) is 2.92. The molecular weight excluding hydrogens is 392 g/mol. The van der Waals surface area contributed by atoms with E-state index in [-0.39, 0.29) is 12.5 Å². The second-order valence-electron chi connectivity index (χ2n) is 5.64.